The summed E-state index contributed by atoms with van der Waals surface area (Å²) < 4.78 is 25.8. The van der Waals surface area contributed by atoms with Crippen LogP contribution in [0.4, 0.5) is 0 Å². The molecule has 0 unspecified atom stereocenters. The highest BCUT2D eigenvalue weighted by Gasteiger charge is 2.45. The van der Waals surface area contributed by atoms with Crippen LogP contribution in [0.5, 0.6) is 0 Å². The van der Waals surface area contributed by atoms with E-state index in [4.69, 9.17) is 0 Å². The number of hydrogen-bond donors (Lipinski definition) is 2. The number of hydrogen-bond acceptors (Lipinski definition) is 3. The maximum absolute atomic E-state index is 11.6. The van der Waals surface area contributed by atoms with E-state index >= 15 is 0 Å². The van der Waals surface area contributed by atoms with Crippen molar-refractivity contribution >= 4 is 55.9 Å². The lowest BCUT2D eigenvalue weighted by molar-refractivity contribution is 0.424. The van der Waals surface area contributed by atoms with E-state index in [0.717, 1.165) is 23.4 Å². The van der Waals surface area contributed by atoms with E-state index in [1.54, 1.807) is 7.05 Å². The zero-order valence-corrected chi connectivity index (χ0v) is 20.9. The minimum Gasteiger partial charge on any atom is -0.356 e. The van der Waals surface area contributed by atoms with Gasteiger partial charge in [-0.15, -0.1) is 24.0 Å². The van der Waals surface area contributed by atoms with Crippen molar-refractivity contribution < 1.29 is 8.42 Å². The first-order valence-corrected chi connectivity index (χ1v) is 11.6. The molecule has 1 fully saturated rings. The second-order valence-electron chi connectivity index (χ2n) is 6.72. The average molecular weight is 573 g/mol. The Morgan fingerprint density at radius 1 is 1.30 bits per heavy atom. The zero-order chi connectivity index (χ0) is 19.2. The summed E-state index contributed by atoms with van der Waals surface area (Å²) in [6.07, 6.45) is 4.32. The number of nitrogens with one attached hydrogen (secondary N) is 2. The van der Waals surface area contributed by atoms with Gasteiger partial charge in [-0.25, -0.2) is 12.7 Å². The van der Waals surface area contributed by atoms with Gasteiger partial charge >= 0.3 is 0 Å². The Bertz CT molecular complexity index is 739. The van der Waals surface area contributed by atoms with Gasteiger partial charge in [0.15, 0.2) is 5.96 Å². The number of benzene rings is 1. The van der Waals surface area contributed by atoms with Gasteiger partial charge in [0, 0.05) is 43.1 Å². The van der Waals surface area contributed by atoms with Gasteiger partial charge < -0.3 is 10.6 Å². The molecule has 2 rings (SSSR count). The van der Waals surface area contributed by atoms with Crippen LogP contribution in [-0.4, -0.2) is 58.2 Å². The topological polar surface area (TPSA) is 73.8 Å². The van der Waals surface area contributed by atoms with Crippen molar-refractivity contribution in [2.45, 2.75) is 31.6 Å². The van der Waals surface area contributed by atoms with Crippen molar-refractivity contribution in [3.63, 3.8) is 0 Å². The molecule has 1 aliphatic carbocycles. The number of nitrogens with zero attached hydrogens (tertiary/aromatic N) is 2. The lowest BCUT2D eigenvalue weighted by atomic mass is 9.96. The Morgan fingerprint density at radius 2 is 1.96 bits per heavy atom. The van der Waals surface area contributed by atoms with Crippen LogP contribution < -0.4 is 10.6 Å². The van der Waals surface area contributed by atoms with Crippen LogP contribution in [0.2, 0.25) is 0 Å². The highest BCUT2D eigenvalue weighted by molar-refractivity contribution is 14.0. The first-order chi connectivity index (χ1) is 12.3. The Labute approximate surface area is 188 Å². The van der Waals surface area contributed by atoms with Crippen LogP contribution in [0.15, 0.2) is 33.7 Å². The molecule has 9 heteroatoms. The molecule has 27 heavy (non-hydrogen) atoms. The monoisotopic (exact) mass is 572 g/mol. The predicted octanol–water partition coefficient (Wildman–Crippen LogP) is 2.94. The maximum atomic E-state index is 11.6. The van der Waals surface area contributed by atoms with E-state index in [-0.39, 0.29) is 29.4 Å². The minimum atomic E-state index is -3.12. The number of aliphatic imine (C=N–C) groups is 1. The van der Waals surface area contributed by atoms with Crippen LogP contribution in [-0.2, 0) is 15.4 Å². The van der Waals surface area contributed by atoms with Crippen molar-refractivity contribution in [2.24, 2.45) is 4.99 Å². The van der Waals surface area contributed by atoms with Gasteiger partial charge in [-0.05, 0) is 30.9 Å². The van der Waals surface area contributed by atoms with Crippen molar-refractivity contribution in [3.8, 4) is 0 Å². The van der Waals surface area contributed by atoms with Crippen LogP contribution in [0.3, 0.4) is 0 Å². The summed E-state index contributed by atoms with van der Waals surface area (Å²) in [6, 6.07) is 8.38. The van der Waals surface area contributed by atoms with Gasteiger partial charge in [-0.2, -0.15) is 0 Å². The molecule has 0 aromatic heterocycles. The quantitative estimate of drug-likeness (QED) is 0.206. The molecule has 1 aliphatic rings. The van der Waals surface area contributed by atoms with E-state index in [9.17, 15) is 8.42 Å². The fraction of sp³-hybridized carbons (Fsp3) is 0.611. The third-order valence-corrected chi connectivity index (χ3v) is 6.89. The van der Waals surface area contributed by atoms with Crippen LogP contribution in [0.25, 0.3) is 0 Å². The molecule has 0 aliphatic heterocycles. The predicted molar refractivity (Wildman–Crippen MR) is 127 cm³/mol. The minimum absolute atomic E-state index is 0. The van der Waals surface area contributed by atoms with Gasteiger partial charge in [-0.3, -0.25) is 4.99 Å². The Balaban J connectivity index is 0.00000364. The summed E-state index contributed by atoms with van der Waals surface area (Å²) >= 11 is 3.66. The molecule has 0 heterocycles. The Kier molecular flexibility index (Phi) is 10.0. The summed E-state index contributed by atoms with van der Waals surface area (Å²) in [5.41, 5.74) is 1.52. The van der Waals surface area contributed by atoms with Crippen molar-refractivity contribution in [2.75, 3.05) is 39.5 Å². The Morgan fingerprint density at radius 3 is 2.48 bits per heavy atom. The largest absolute Gasteiger partial charge is 0.356 e. The van der Waals surface area contributed by atoms with Gasteiger partial charge in [0.05, 0.1) is 6.26 Å². The molecule has 1 aromatic carbocycles. The summed E-state index contributed by atoms with van der Waals surface area (Å²) in [5.74, 6) is 0.755. The maximum Gasteiger partial charge on any atom is 0.211 e. The molecule has 0 spiro atoms. The van der Waals surface area contributed by atoms with Crippen molar-refractivity contribution in [3.05, 3.63) is 34.3 Å². The molecule has 6 nitrogen and oxygen atoms in total. The highest BCUT2D eigenvalue weighted by Crippen LogP contribution is 2.49. The summed E-state index contributed by atoms with van der Waals surface area (Å²) in [5, 5.41) is 6.69. The third-order valence-electron chi connectivity index (χ3n) is 4.82. The highest BCUT2D eigenvalue weighted by atomic mass is 127. The van der Waals surface area contributed by atoms with Gasteiger partial charge in [-0.1, -0.05) is 41.1 Å². The third kappa shape index (κ3) is 7.17. The lowest BCUT2D eigenvalue weighted by Gasteiger charge is -2.21. The average Bonchev–Trinajstić information content (AvgIpc) is 3.37. The Hall–Kier alpha value is -0.390. The molecule has 0 bridgehead atoms. The molecule has 0 radical (unpaired) electrons. The number of guanidine groups is 1. The summed E-state index contributed by atoms with van der Waals surface area (Å²) in [7, 11) is -1.37. The molecular formula is C18H30BrIN4O2S. The summed E-state index contributed by atoms with van der Waals surface area (Å²) in [4.78, 5) is 4.27. The van der Waals surface area contributed by atoms with Crippen LogP contribution in [0, 0.1) is 0 Å². The van der Waals surface area contributed by atoms with Gasteiger partial charge in [0.2, 0.25) is 10.0 Å². The normalized spacial score (nSPS) is 16.0. The van der Waals surface area contributed by atoms with E-state index in [0.29, 0.717) is 19.6 Å². The second-order valence-corrected chi connectivity index (χ2v) is 9.56. The molecule has 1 aromatic rings. The molecule has 0 amide bonds. The van der Waals surface area contributed by atoms with Crippen LogP contribution >= 0.6 is 39.9 Å². The van der Waals surface area contributed by atoms with E-state index in [2.05, 4.69) is 49.8 Å². The number of halogens is 2. The SMILES string of the molecule is CCN(CCCNC(=NC)NCC1(c2ccccc2Br)CC1)S(C)(=O)=O.I. The molecule has 1 saturated carbocycles. The van der Waals surface area contributed by atoms with E-state index < -0.39 is 10.0 Å². The fourth-order valence-electron chi connectivity index (χ4n) is 3.08. The fourth-order valence-corrected chi connectivity index (χ4v) is 4.71. The molecule has 154 valence electrons. The zero-order valence-electron chi connectivity index (χ0n) is 16.2. The molecule has 2 N–H and O–H groups in total. The number of rotatable bonds is 9. The molecular weight excluding hydrogens is 543 g/mol. The first-order valence-electron chi connectivity index (χ1n) is 8.97. The van der Waals surface area contributed by atoms with Crippen molar-refractivity contribution in [1.82, 2.24) is 14.9 Å². The van der Waals surface area contributed by atoms with Gasteiger partial charge in [0.25, 0.3) is 0 Å². The van der Waals surface area contributed by atoms with E-state index in [1.807, 2.05) is 13.0 Å². The smallest absolute Gasteiger partial charge is 0.211 e. The van der Waals surface area contributed by atoms with Crippen molar-refractivity contribution in [1.29, 1.82) is 0 Å². The van der Waals surface area contributed by atoms with Crippen LogP contribution in [0.1, 0.15) is 31.7 Å². The standard InChI is InChI=1S/C18H29BrN4O2S.HI/c1-4-23(26(3,24)25)13-7-12-21-17(20-2)22-14-18(10-11-18)15-8-5-6-9-16(15)19;/h5-6,8-9H,4,7,10-14H2,1-3H3,(H2,20,21,22);1H. The second kappa shape index (κ2) is 11.0. The van der Waals surface area contributed by atoms with Gasteiger partial charge in [0.1, 0.15) is 0 Å². The number of sulfonamides is 1. The molecule has 0 saturated heterocycles. The lowest BCUT2D eigenvalue weighted by Crippen LogP contribution is -2.42. The first kappa shape index (κ1) is 24.6. The summed E-state index contributed by atoms with van der Waals surface area (Å²) in [6.45, 7) is 4.37. The van der Waals surface area contributed by atoms with E-state index in [1.165, 1.54) is 29.0 Å². The molecule has 0 atom stereocenters.